The summed E-state index contributed by atoms with van der Waals surface area (Å²) in [6.45, 7) is 0.466. The Kier molecular flexibility index (Phi) is 7.11. The third kappa shape index (κ3) is 5.98. The lowest BCUT2D eigenvalue weighted by Crippen LogP contribution is -2.48. The second-order valence-corrected chi connectivity index (χ2v) is 4.84. The minimum absolute atomic E-state index is 0.0833. The van der Waals surface area contributed by atoms with Crippen molar-refractivity contribution >= 4 is 13.6 Å². The van der Waals surface area contributed by atoms with E-state index in [2.05, 4.69) is 4.52 Å². The van der Waals surface area contributed by atoms with Crippen LogP contribution in [0.2, 0.25) is 0 Å². The number of phosphoric acid groups is 1. The normalized spacial score (nSPS) is 19.1. The van der Waals surface area contributed by atoms with E-state index in [9.17, 15) is 29.8 Å². The first-order valence-electron chi connectivity index (χ1n) is 5.05. The lowest BCUT2D eigenvalue weighted by atomic mass is 9.99. The number of aliphatic hydroxyl groups is 4. The zero-order valence-electron chi connectivity index (χ0n) is 9.58. The summed E-state index contributed by atoms with van der Waals surface area (Å²) in [5.74, 6) is -0.746. The largest absolute Gasteiger partial charge is 0.469 e. The van der Waals surface area contributed by atoms with Crippen LogP contribution in [0, 0.1) is 0 Å². The molecule has 0 unspecified atom stereocenters. The number of aliphatic hydroxyl groups excluding tert-OH is 4. The first-order valence-corrected chi connectivity index (χ1v) is 6.58. The van der Waals surface area contributed by atoms with Crippen LogP contribution in [0.3, 0.4) is 0 Å². The lowest BCUT2D eigenvalue weighted by molar-refractivity contribution is -0.146. The smallest absolute Gasteiger partial charge is 0.388 e. The highest BCUT2D eigenvalue weighted by Crippen LogP contribution is 2.35. The fraction of sp³-hybridized carbons (Fsp3) is 0.875. The van der Waals surface area contributed by atoms with Gasteiger partial charge in [0.2, 0.25) is 0 Å². The van der Waals surface area contributed by atoms with E-state index in [0.717, 1.165) is 0 Å². The molecule has 0 aliphatic carbocycles. The Bertz CT molecular complexity index is 314. The number of carbonyl (C=O) groups excluding carboxylic acids is 1. The third-order valence-electron chi connectivity index (χ3n) is 2.16. The van der Waals surface area contributed by atoms with Gasteiger partial charge < -0.3 is 30.2 Å². The Morgan fingerprint density at radius 3 is 2.06 bits per heavy atom. The molecule has 0 aliphatic rings. The van der Waals surface area contributed by atoms with Gasteiger partial charge in [-0.05, 0) is 0 Å². The van der Waals surface area contributed by atoms with E-state index in [4.69, 9.17) is 9.79 Å². The van der Waals surface area contributed by atoms with Gasteiger partial charge in [-0.1, -0.05) is 6.92 Å². The molecule has 0 radical (unpaired) electrons. The zero-order chi connectivity index (χ0) is 14.5. The lowest BCUT2D eigenvalue weighted by Gasteiger charge is -2.25. The molecule has 0 heterocycles. The molecule has 108 valence electrons. The van der Waals surface area contributed by atoms with E-state index in [1.165, 1.54) is 6.92 Å². The fourth-order valence-corrected chi connectivity index (χ4v) is 1.43. The summed E-state index contributed by atoms with van der Waals surface area (Å²) < 4.78 is 14.2. The van der Waals surface area contributed by atoms with Crippen molar-refractivity contribution in [2.24, 2.45) is 0 Å². The summed E-state index contributed by atoms with van der Waals surface area (Å²) in [7, 11) is -4.82. The number of Topliss-reactive ketones (excluding diaryl/α,β-unsaturated/α-hetero) is 1. The van der Waals surface area contributed by atoms with Crippen molar-refractivity contribution in [3.8, 4) is 0 Å². The molecule has 0 aromatic heterocycles. The summed E-state index contributed by atoms with van der Waals surface area (Å²) >= 11 is 0. The van der Waals surface area contributed by atoms with Gasteiger partial charge in [-0.3, -0.25) is 9.32 Å². The summed E-state index contributed by atoms with van der Waals surface area (Å²) in [5, 5.41) is 37.2. The van der Waals surface area contributed by atoms with Crippen molar-refractivity contribution in [2.45, 2.75) is 37.8 Å². The Labute approximate surface area is 103 Å². The molecule has 0 spiro atoms. The van der Waals surface area contributed by atoms with Crippen LogP contribution in [0.4, 0.5) is 0 Å². The summed E-state index contributed by atoms with van der Waals surface area (Å²) in [6, 6.07) is 0. The molecule has 0 rings (SSSR count). The molecular formula is C8H17O9P. The molecule has 10 heteroatoms. The van der Waals surface area contributed by atoms with Crippen LogP contribution in [0.5, 0.6) is 0 Å². The summed E-state index contributed by atoms with van der Waals surface area (Å²) in [6.07, 6.45) is -7.81. The van der Waals surface area contributed by atoms with Crippen LogP contribution < -0.4 is 0 Å². The predicted molar refractivity (Wildman–Crippen MR) is 57.3 cm³/mol. The van der Waals surface area contributed by atoms with Crippen LogP contribution >= 0.6 is 7.82 Å². The molecule has 0 saturated heterocycles. The second kappa shape index (κ2) is 7.27. The van der Waals surface area contributed by atoms with Gasteiger partial charge in [0.15, 0.2) is 5.78 Å². The second-order valence-electron chi connectivity index (χ2n) is 3.60. The van der Waals surface area contributed by atoms with Crippen molar-refractivity contribution in [3.05, 3.63) is 0 Å². The van der Waals surface area contributed by atoms with Crippen molar-refractivity contribution in [2.75, 3.05) is 6.61 Å². The van der Waals surface area contributed by atoms with Crippen LogP contribution in [-0.2, 0) is 13.9 Å². The average molecular weight is 288 g/mol. The topological polar surface area (TPSA) is 165 Å². The predicted octanol–water partition coefficient (Wildman–Crippen LogP) is -2.48. The van der Waals surface area contributed by atoms with Crippen LogP contribution in [0.15, 0.2) is 0 Å². The zero-order valence-corrected chi connectivity index (χ0v) is 10.5. The first-order chi connectivity index (χ1) is 8.10. The molecule has 0 aromatic carbocycles. The van der Waals surface area contributed by atoms with Crippen molar-refractivity contribution in [1.29, 1.82) is 0 Å². The Morgan fingerprint density at radius 2 is 1.67 bits per heavy atom. The Morgan fingerprint density at radius 1 is 1.17 bits per heavy atom. The van der Waals surface area contributed by atoms with Gasteiger partial charge in [0.05, 0.1) is 6.61 Å². The van der Waals surface area contributed by atoms with Gasteiger partial charge in [0.25, 0.3) is 0 Å². The minimum atomic E-state index is -4.82. The minimum Gasteiger partial charge on any atom is -0.388 e. The van der Waals surface area contributed by atoms with E-state index in [-0.39, 0.29) is 6.42 Å². The molecule has 0 aliphatic heterocycles. The quantitative estimate of drug-likeness (QED) is 0.265. The number of hydrogen-bond donors (Lipinski definition) is 6. The highest BCUT2D eigenvalue weighted by atomic mass is 31.2. The number of rotatable bonds is 8. The molecule has 0 aromatic rings. The van der Waals surface area contributed by atoms with Gasteiger partial charge in [-0.25, -0.2) is 4.57 Å². The molecule has 6 N–H and O–H groups in total. The standard InChI is InChI=1S/C8H17O9P/c1-2-4(9)6(11)8(13)7(12)5(10)3-17-18(14,15)16/h5-8,10-13H,2-3H2,1H3,(H2,14,15,16)/t5-,6-,7-,8+/m1/s1. The monoisotopic (exact) mass is 288 g/mol. The van der Waals surface area contributed by atoms with Crippen molar-refractivity contribution < 1.29 is 44.1 Å². The molecular weight excluding hydrogens is 271 g/mol. The third-order valence-corrected chi connectivity index (χ3v) is 2.64. The molecule has 4 atom stereocenters. The maximum absolute atomic E-state index is 11.0. The van der Waals surface area contributed by atoms with Crippen LogP contribution in [0.1, 0.15) is 13.3 Å². The molecule has 0 amide bonds. The fourth-order valence-electron chi connectivity index (χ4n) is 1.09. The van der Waals surface area contributed by atoms with Gasteiger partial charge >= 0.3 is 7.82 Å². The average Bonchev–Trinajstić information content (AvgIpc) is 2.31. The molecule has 18 heavy (non-hydrogen) atoms. The Balaban J connectivity index is 4.40. The number of carbonyl (C=O) groups is 1. The van der Waals surface area contributed by atoms with E-state index in [1.807, 2.05) is 0 Å². The number of hydrogen-bond acceptors (Lipinski definition) is 7. The van der Waals surface area contributed by atoms with Crippen LogP contribution in [0.25, 0.3) is 0 Å². The highest BCUT2D eigenvalue weighted by Gasteiger charge is 2.34. The number of phosphoric ester groups is 1. The number of ketones is 1. The first kappa shape index (κ1) is 17.6. The Hall–Kier alpha value is -0.380. The van der Waals surface area contributed by atoms with E-state index < -0.39 is 44.6 Å². The molecule has 0 fully saturated rings. The van der Waals surface area contributed by atoms with E-state index in [1.54, 1.807) is 0 Å². The highest BCUT2D eigenvalue weighted by molar-refractivity contribution is 7.46. The van der Waals surface area contributed by atoms with Gasteiger partial charge in [0.1, 0.15) is 24.4 Å². The van der Waals surface area contributed by atoms with Crippen molar-refractivity contribution in [1.82, 2.24) is 0 Å². The summed E-state index contributed by atoms with van der Waals surface area (Å²) in [4.78, 5) is 27.7. The van der Waals surface area contributed by atoms with Crippen molar-refractivity contribution in [3.63, 3.8) is 0 Å². The van der Waals surface area contributed by atoms with Crippen LogP contribution in [-0.4, -0.2) is 67.0 Å². The van der Waals surface area contributed by atoms with Gasteiger partial charge in [0, 0.05) is 6.42 Å². The van der Waals surface area contributed by atoms with Gasteiger partial charge in [-0.2, -0.15) is 0 Å². The SMILES string of the molecule is CCC(=O)[C@@H](O)[C@H](O)[C@H](O)[C@H](O)COP(=O)(O)O. The maximum atomic E-state index is 11.0. The maximum Gasteiger partial charge on any atom is 0.469 e. The van der Waals surface area contributed by atoms with E-state index >= 15 is 0 Å². The van der Waals surface area contributed by atoms with Gasteiger partial charge in [-0.15, -0.1) is 0 Å². The summed E-state index contributed by atoms with van der Waals surface area (Å²) in [5.41, 5.74) is 0. The molecule has 9 nitrogen and oxygen atoms in total. The van der Waals surface area contributed by atoms with E-state index in [0.29, 0.717) is 0 Å². The molecule has 0 bridgehead atoms. The molecule has 0 saturated carbocycles.